The second-order valence-electron chi connectivity index (χ2n) is 10.7. The number of imidazole rings is 1. The van der Waals surface area contributed by atoms with Gasteiger partial charge in [-0.25, -0.2) is 15.0 Å². The maximum Gasteiger partial charge on any atom is 0.416 e. The minimum absolute atomic E-state index is 0.117. The Kier molecular flexibility index (Phi) is 8.04. The summed E-state index contributed by atoms with van der Waals surface area (Å²) in [5, 5.41) is 6.31. The molecule has 3 aromatic heterocycles. The summed E-state index contributed by atoms with van der Waals surface area (Å²) in [6.45, 7) is 3.86. The van der Waals surface area contributed by atoms with Gasteiger partial charge in [-0.3, -0.25) is 9.20 Å². The van der Waals surface area contributed by atoms with Crippen molar-refractivity contribution in [2.75, 3.05) is 5.32 Å². The maximum atomic E-state index is 13.7. The van der Waals surface area contributed by atoms with Crippen LogP contribution in [-0.4, -0.2) is 25.3 Å². The highest BCUT2D eigenvalue weighted by molar-refractivity contribution is 6.01. The minimum atomic E-state index is -4.55. The SMILES string of the molecule is C[C@H](NC(=O)c1cccn2c(-c3ccnc(N[C@H](C)c4ccccc4)n3)c(-c3cccc(C(F)(F)F)c3)nc12)c1ccccc1. The van der Waals surface area contributed by atoms with Crippen molar-refractivity contribution in [2.24, 2.45) is 0 Å². The molecule has 0 saturated heterocycles. The van der Waals surface area contributed by atoms with Gasteiger partial charge in [0.2, 0.25) is 5.95 Å². The number of benzene rings is 3. The average molecular weight is 607 g/mol. The number of fused-ring (bicyclic) bond motifs is 1. The Hall–Kier alpha value is -5.51. The summed E-state index contributed by atoms with van der Waals surface area (Å²) in [6, 6.07) is 28.9. The third-order valence-corrected chi connectivity index (χ3v) is 7.55. The Morgan fingerprint density at radius 1 is 0.800 bits per heavy atom. The van der Waals surface area contributed by atoms with E-state index in [2.05, 4.69) is 15.6 Å². The van der Waals surface area contributed by atoms with E-state index in [4.69, 9.17) is 9.97 Å². The molecular formula is C35H29F3N6O. The molecule has 0 unspecified atom stereocenters. The zero-order valence-electron chi connectivity index (χ0n) is 24.5. The first kappa shape index (κ1) is 29.6. The van der Waals surface area contributed by atoms with Crippen LogP contribution in [0.3, 0.4) is 0 Å². The van der Waals surface area contributed by atoms with Crippen LogP contribution in [0.1, 0.15) is 53.0 Å². The minimum Gasteiger partial charge on any atom is -0.348 e. The van der Waals surface area contributed by atoms with Gasteiger partial charge in [0.1, 0.15) is 0 Å². The van der Waals surface area contributed by atoms with Crippen LogP contribution >= 0.6 is 0 Å². The van der Waals surface area contributed by atoms with Crippen molar-refractivity contribution in [1.29, 1.82) is 0 Å². The Morgan fingerprint density at radius 3 is 2.18 bits per heavy atom. The topological polar surface area (TPSA) is 84.2 Å². The lowest BCUT2D eigenvalue weighted by atomic mass is 10.0. The molecule has 10 heteroatoms. The molecule has 2 N–H and O–H groups in total. The van der Waals surface area contributed by atoms with Crippen molar-refractivity contribution in [1.82, 2.24) is 24.7 Å². The van der Waals surface area contributed by atoms with E-state index in [0.29, 0.717) is 17.3 Å². The molecule has 0 aliphatic heterocycles. The summed E-state index contributed by atoms with van der Waals surface area (Å²) in [5.74, 6) is -0.0368. The largest absolute Gasteiger partial charge is 0.416 e. The lowest BCUT2D eigenvalue weighted by Gasteiger charge is -2.15. The van der Waals surface area contributed by atoms with Crippen molar-refractivity contribution >= 4 is 17.5 Å². The summed E-state index contributed by atoms with van der Waals surface area (Å²) in [7, 11) is 0. The number of halogens is 3. The molecule has 0 bridgehead atoms. The van der Waals surface area contributed by atoms with E-state index in [1.807, 2.05) is 74.5 Å². The van der Waals surface area contributed by atoms with Crippen LogP contribution in [0, 0.1) is 0 Å². The maximum absolute atomic E-state index is 13.7. The van der Waals surface area contributed by atoms with Crippen LogP contribution in [0.5, 0.6) is 0 Å². The molecule has 3 heterocycles. The Balaban J connectivity index is 1.46. The molecule has 0 aliphatic carbocycles. The van der Waals surface area contributed by atoms with E-state index in [-0.39, 0.29) is 40.5 Å². The van der Waals surface area contributed by atoms with E-state index in [1.54, 1.807) is 41.1 Å². The fourth-order valence-electron chi connectivity index (χ4n) is 5.21. The summed E-state index contributed by atoms with van der Waals surface area (Å²) in [5.41, 5.74) is 3.03. The monoisotopic (exact) mass is 606 g/mol. The van der Waals surface area contributed by atoms with Gasteiger partial charge < -0.3 is 10.6 Å². The first-order valence-electron chi connectivity index (χ1n) is 14.4. The van der Waals surface area contributed by atoms with Crippen molar-refractivity contribution in [3.05, 3.63) is 138 Å². The summed E-state index contributed by atoms with van der Waals surface area (Å²) >= 11 is 0. The van der Waals surface area contributed by atoms with Crippen LogP contribution in [0.15, 0.2) is 116 Å². The van der Waals surface area contributed by atoms with Gasteiger partial charge in [0.15, 0.2) is 5.65 Å². The third-order valence-electron chi connectivity index (χ3n) is 7.55. The van der Waals surface area contributed by atoms with Gasteiger partial charge in [-0.15, -0.1) is 0 Å². The zero-order chi connectivity index (χ0) is 31.6. The van der Waals surface area contributed by atoms with Gasteiger partial charge in [0.25, 0.3) is 5.91 Å². The molecule has 0 saturated carbocycles. The lowest BCUT2D eigenvalue weighted by molar-refractivity contribution is -0.137. The van der Waals surface area contributed by atoms with E-state index in [9.17, 15) is 18.0 Å². The molecule has 7 nitrogen and oxygen atoms in total. The van der Waals surface area contributed by atoms with Crippen LogP contribution in [0.4, 0.5) is 19.1 Å². The molecule has 226 valence electrons. The number of amides is 1. The average Bonchev–Trinajstić information content (AvgIpc) is 3.45. The number of rotatable bonds is 8. The highest BCUT2D eigenvalue weighted by Gasteiger charge is 2.31. The van der Waals surface area contributed by atoms with Gasteiger partial charge in [0.05, 0.1) is 40.3 Å². The number of anilines is 1. The quantitative estimate of drug-likeness (QED) is 0.183. The van der Waals surface area contributed by atoms with E-state index in [0.717, 1.165) is 23.3 Å². The number of hydrogen-bond acceptors (Lipinski definition) is 5. The molecule has 1 amide bonds. The van der Waals surface area contributed by atoms with Gasteiger partial charge >= 0.3 is 6.18 Å². The van der Waals surface area contributed by atoms with E-state index in [1.165, 1.54) is 6.07 Å². The predicted molar refractivity (Wildman–Crippen MR) is 167 cm³/mol. The molecule has 0 radical (unpaired) electrons. The number of carbonyl (C=O) groups is 1. The predicted octanol–water partition coefficient (Wildman–Crippen LogP) is 8.14. The second kappa shape index (κ2) is 12.2. The van der Waals surface area contributed by atoms with Crippen molar-refractivity contribution in [3.63, 3.8) is 0 Å². The van der Waals surface area contributed by atoms with E-state index >= 15 is 0 Å². The summed E-state index contributed by atoms with van der Waals surface area (Å²) < 4.78 is 42.9. The van der Waals surface area contributed by atoms with Gasteiger partial charge in [-0.1, -0.05) is 72.8 Å². The fraction of sp³-hybridized carbons (Fsp3) is 0.143. The number of nitrogens with zero attached hydrogens (tertiary/aromatic N) is 4. The number of pyridine rings is 1. The first-order chi connectivity index (χ1) is 21.7. The lowest BCUT2D eigenvalue weighted by Crippen LogP contribution is -2.27. The third kappa shape index (κ3) is 6.26. The number of alkyl halides is 3. The fourth-order valence-corrected chi connectivity index (χ4v) is 5.21. The molecule has 0 spiro atoms. The molecule has 0 aliphatic rings. The van der Waals surface area contributed by atoms with Crippen molar-refractivity contribution in [2.45, 2.75) is 32.1 Å². The highest BCUT2D eigenvalue weighted by Crippen LogP contribution is 2.37. The molecular weight excluding hydrogens is 577 g/mol. The molecule has 6 aromatic rings. The van der Waals surface area contributed by atoms with Gasteiger partial charge in [-0.2, -0.15) is 13.2 Å². The molecule has 2 atom stereocenters. The zero-order valence-corrected chi connectivity index (χ0v) is 24.5. The van der Waals surface area contributed by atoms with Gasteiger partial charge in [0, 0.05) is 18.0 Å². The number of hydrogen-bond donors (Lipinski definition) is 2. The number of nitrogens with one attached hydrogen (secondary N) is 2. The number of aromatic nitrogens is 4. The Morgan fingerprint density at radius 2 is 1.49 bits per heavy atom. The van der Waals surface area contributed by atoms with Crippen LogP contribution in [0.25, 0.3) is 28.3 Å². The normalized spacial score (nSPS) is 12.9. The molecule has 0 fully saturated rings. The van der Waals surface area contributed by atoms with Crippen LogP contribution < -0.4 is 10.6 Å². The van der Waals surface area contributed by atoms with Crippen molar-refractivity contribution < 1.29 is 18.0 Å². The smallest absolute Gasteiger partial charge is 0.348 e. The van der Waals surface area contributed by atoms with E-state index < -0.39 is 11.7 Å². The molecule has 45 heavy (non-hydrogen) atoms. The molecule has 3 aromatic carbocycles. The second-order valence-corrected chi connectivity index (χ2v) is 10.7. The first-order valence-corrected chi connectivity index (χ1v) is 14.4. The Bertz CT molecular complexity index is 1960. The highest BCUT2D eigenvalue weighted by atomic mass is 19.4. The Labute approximate surface area is 257 Å². The standard InChI is InChI=1S/C35H29F3N6O/c1-22(24-11-5-3-6-12-24)40-33(45)28-17-10-20-44-31(30(43-32(28)44)26-15-9-16-27(21-26)35(36,37)38)29-18-19-39-34(42-29)41-23(2)25-13-7-4-8-14-25/h3-23H,1-2H3,(H,40,45)(H,39,41,42)/t22-,23+/m0/s1. The van der Waals surface area contributed by atoms with Crippen LogP contribution in [0.2, 0.25) is 0 Å². The summed E-state index contributed by atoms with van der Waals surface area (Å²) in [4.78, 5) is 27.5. The number of carbonyl (C=O) groups excluding carboxylic acids is 1. The molecule has 6 rings (SSSR count). The van der Waals surface area contributed by atoms with Crippen LogP contribution in [-0.2, 0) is 6.18 Å². The summed E-state index contributed by atoms with van der Waals surface area (Å²) in [6.07, 6.45) is -1.25. The van der Waals surface area contributed by atoms with Crippen molar-refractivity contribution in [3.8, 4) is 22.6 Å². The van der Waals surface area contributed by atoms with Gasteiger partial charge in [-0.05, 0) is 55.3 Å².